The Bertz CT molecular complexity index is 955. The molecule has 0 N–H and O–H groups in total. The highest BCUT2D eigenvalue weighted by atomic mass is 32.1. The van der Waals surface area contributed by atoms with Gasteiger partial charge in [0.05, 0.1) is 22.5 Å². The molecule has 6 nitrogen and oxygen atoms in total. The molecular weight excluding hydrogens is 322 g/mol. The molecule has 2 fully saturated rings. The Hall–Kier alpha value is -2.28. The second-order valence-corrected chi connectivity index (χ2v) is 7.57. The van der Waals surface area contributed by atoms with E-state index in [2.05, 4.69) is 20.0 Å². The van der Waals surface area contributed by atoms with Crippen LogP contribution in [0, 0.1) is 5.92 Å². The van der Waals surface area contributed by atoms with Crippen molar-refractivity contribution in [3.05, 3.63) is 46.0 Å². The van der Waals surface area contributed by atoms with Gasteiger partial charge in [0.1, 0.15) is 12.1 Å². The highest BCUT2D eigenvalue weighted by molar-refractivity contribution is 7.17. The molecule has 2 aliphatic rings. The molecule has 122 valence electrons. The van der Waals surface area contributed by atoms with Gasteiger partial charge in [-0.2, -0.15) is 5.10 Å². The van der Waals surface area contributed by atoms with E-state index in [-0.39, 0.29) is 5.56 Å². The first-order valence-corrected chi connectivity index (χ1v) is 9.17. The van der Waals surface area contributed by atoms with Crippen molar-refractivity contribution in [2.24, 2.45) is 5.92 Å². The van der Waals surface area contributed by atoms with Crippen LogP contribution in [0.4, 0.5) is 5.82 Å². The first-order chi connectivity index (χ1) is 11.8. The van der Waals surface area contributed by atoms with Gasteiger partial charge in [-0.15, -0.1) is 11.3 Å². The highest BCUT2D eigenvalue weighted by Crippen LogP contribution is 2.38. The molecule has 3 aromatic heterocycles. The molecule has 0 bridgehead atoms. The number of anilines is 1. The van der Waals surface area contributed by atoms with Gasteiger partial charge in [0.15, 0.2) is 0 Å². The lowest BCUT2D eigenvalue weighted by atomic mass is 10.0. The normalized spacial score (nSPS) is 18.1. The largest absolute Gasteiger partial charge is 0.354 e. The summed E-state index contributed by atoms with van der Waals surface area (Å²) in [7, 11) is 0. The molecule has 1 aliphatic heterocycles. The van der Waals surface area contributed by atoms with Gasteiger partial charge in [0.2, 0.25) is 0 Å². The molecule has 0 radical (unpaired) electrons. The summed E-state index contributed by atoms with van der Waals surface area (Å²) >= 11 is 1.68. The predicted molar refractivity (Wildman–Crippen MR) is 93.6 cm³/mol. The van der Waals surface area contributed by atoms with Crippen molar-refractivity contribution in [2.75, 3.05) is 18.0 Å². The second kappa shape index (κ2) is 5.37. The first kappa shape index (κ1) is 14.1. The summed E-state index contributed by atoms with van der Waals surface area (Å²) in [6.45, 7) is 2.51. The minimum atomic E-state index is 0.000494. The number of aromatic nitrogens is 4. The molecular formula is C17H17N5OS. The monoisotopic (exact) mass is 339 g/mol. The van der Waals surface area contributed by atoms with E-state index in [4.69, 9.17) is 0 Å². The maximum absolute atomic E-state index is 12.0. The fraction of sp³-hybridized carbons (Fsp3) is 0.412. The summed E-state index contributed by atoms with van der Waals surface area (Å²) in [5, 5.41) is 6.61. The van der Waals surface area contributed by atoms with Gasteiger partial charge in [-0.1, -0.05) is 0 Å². The van der Waals surface area contributed by atoms with Crippen molar-refractivity contribution in [3.63, 3.8) is 0 Å². The summed E-state index contributed by atoms with van der Waals surface area (Å²) in [6.07, 6.45) is 4.03. The van der Waals surface area contributed by atoms with Crippen LogP contribution in [-0.2, 0) is 6.54 Å². The molecule has 0 aromatic carbocycles. The first-order valence-electron chi connectivity index (χ1n) is 8.29. The third-order valence-electron chi connectivity index (χ3n) is 4.80. The summed E-state index contributed by atoms with van der Waals surface area (Å²) in [6, 6.07) is 5.57. The van der Waals surface area contributed by atoms with Crippen molar-refractivity contribution >= 4 is 27.4 Å². The maximum atomic E-state index is 12.0. The molecule has 1 saturated heterocycles. The summed E-state index contributed by atoms with van der Waals surface area (Å²) in [4.78, 5) is 23.1. The molecule has 0 unspecified atom stereocenters. The molecule has 7 heteroatoms. The van der Waals surface area contributed by atoms with Crippen molar-refractivity contribution in [3.8, 4) is 0 Å². The van der Waals surface area contributed by atoms with Crippen molar-refractivity contribution in [1.29, 1.82) is 0 Å². The number of hydrogen-bond donors (Lipinski definition) is 0. The standard InChI is InChI=1S/C17H17N5OS/c23-15-4-3-13(12-1-2-12)20-22(15)9-11-7-21(8-11)17-16-14(5-6-24-16)18-10-19-17/h3-6,10-12H,1-2,7-9H2. The van der Waals surface area contributed by atoms with Gasteiger partial charge in [-0.3, -0.25) is 4.79 Å². The second-order valence-electron chi connectivity index (χ2n) is 6.66. The lowest BCUT2D eigenvalue weighted by molar-refractivity contribution is 0.332. The minimum absolute atomic E-state index is 0.000494. The fourth-order valence-corrected chi connectivity index (χ4v) is 4.16. The highest BCUT2D eigenvalue weighted by Gasteiger charge is 2.31. The minimum Gasteiger partial charge on any atom is -0.354 e. The SMILES string of the molecule is O=c1ccc(C2CC2)nn1CC1CN(c2ncnc3ccsc23)C1. The van der Waals surface area contributed by atoms with E-state index in [1.54, 1.807) is 28.4 Å². The average Bonchev–Trinajstić information content (AvgIpc) is 3.29. The van der Waals surface area contributed by atoms with Gasteiger partial charge >= 0.3 is 0 Å². The summed E-state index contributed by atoms with van der Waals surface area (Å²) < 4.78 is 2.79. The van der Waals surface area contributed by atoms with E-state index in [1.165, 1.54) is 12.8 Å². The van der Waals surface area contributed by atoms with Gasteiger partial charge in [0.25, 0.3) is 5.56 Å². The molecule has 0 amide bonds. The number of hydrogen-bond acceptors (Lipinski definition) is 6. The Labute approximate surface area is 142 Å². The average molecular weight is 339 g/mol. The van der Waals surface area contributed by atoms with Gasteiger partial charge in [-0.05, 0) is 30.4 Å². The van der Waals surface area contributed by atoms with Crippen LogP contribution in [0.1, 0.15) is 24.5 Å². The third-order valence-corrected chi connectivity index (χ3v) is 5.69. The Morgan fingerprint density at radius 2 is 2.04 bits per heavy atom. The van der Waals surface area contributed by atoms with E-state index in [9.17, 15) is 4.79 Å². The molecule has 24 heavy (non-hydrogen) atoms. The Kier molecular flexibility index (Phi) is 3.16. The predicted octanol–water partition coefficient (Wildman–Crippen LogP) is 2.26. The zero-order chi connectivity index (χ0) is 16.1. The van der Waals surface area contributed by atoms with Crippen LogP contribution in [0.3, 0.4) is 0 Å². The third kappa shape index (κ3) is 2.39. The van der Waals surface area contributed by atoms with Crippen molar-refractivity contribution in [2.45, 2.75) is 25.3 Å². The van der Waals surface area contributed by atoms with Crippen LogP contribution in [0.25, 0.3) is 10.2 Å². The van der Waals surface area contributed by atoms with E-state index < -0.39 is 0 Å². The molecule has 1 saturated carbocycles. The Balaban J connectivity index is 1.31. The maximum Gasteiger partial charge on any atom is 0.266 e. The number of thiophene rings is 1. The molecule has 0 atom stereocenters. The topological polar surface area (TPSA) is 63.9 Å². The molecule has 3 aromatic rings. The zero-order valence-electron chi connectivity index (χ0n) is 13.1. The van der Waals surface area contributed by atoms with Crippen LogP contribution in [0.2, 0.25) is 0 Å². The van der Waals surface area contributed by atoms with Crippen molar-refractivity contribution in [1.82, 2.24) is 19.7 Å². The molecule has 4 heterocycles. The molecule has 5 rings (SSSR count). The van der Waals surface area contributed by atoms with Crippen LogP contribution in [0.15, 0.2) is 34.7 Å². The van der Waals surface area contributed by atoms with Crippen LogP contribution in [-0.4, -0.2) is 32.8 Å². The van der Waals surface area contributed by atoms with E-state index in [1.807, 2.05) is 17.5 Å². The van der Waals surface area contributed by atoms with Crippen LogP contribution < -0.4 is 10.5 Å². The number of nitrogens with zero attached hydrogens (tertiary/aromatic N) is 5. The van der Waals surface area contributed by atoms with Gasteiger partial charge in [0, 0.05) is 31.0 Å². The van der Waals surface area contributed by atoms with E-state index in [0.29, 0.717) is 18.4 Å². The molecule has 0 spiro atoms. The molecule has 1 aliphatic carbocycles. The van der Waals surface area contributed by atoms with E-state index in [0.717, 1.165) is 34.8 Å². The van der Waals surface area contributed by atoms with E-state index >= 15 is 0 Å². The Morgan fingerprint density at radius 3 is 2.88 bits per heavy atom. The zero-order valence-corrected chi connectivity index (χ0v) is 13.9. The van der Waals surface area contributed by atoms with Crippen molar-refractivity contribution < 1.29 is 0 Å². The van der Waals surface area contributed by atoms with Gasteiger partial charge in [-0.25, -0.2) is 14.6 Å². The smallest absolute Gasteiger partial charge is 0.266 e. The number of rotatable bonds is 4. The quantitative estimate of drug-likeness (QED) is 0.729. The van der Waals surface area contributed by atoms with Crippen LogP contribution >= 0.6 is 11.3 Å². The summed E-state index contributed by atoms with van der Waals surface area (Å²) in [5.74, 6) is 2.02. The van der Waals surface area contributed by atoms with Gasteiger partial charge < -0.3 is 4.90 Å². The fourth-order valence-electron chi connectivity index (χ4n) is 3.30. The van der Waals surface area contributed by atoms with Crippen LogP contribution in [0.5, 0.6) is 0 Å². The summed E-state index contributed by atoms with van der Waals surface area (Å²) in [5.41, 5.74) is 2.07. The Morgan fingerprint density at radius 1 is 1.17 bits per heavy atom. The lowest BCUT2D eigenvalue weighted by Gasteiger charge is -2.40. The lowest BCUT2D eigenvalue weighted by Crippen LogP contribution is -2.50. The number of fused-ring (bicyclic) bond motifs is 1.